The summed E-state index contributed by atoms with van der Waals surface area (Å²) in [6.45, 7) is 1.03. The molecule has 0 bridgehead atoms. The van der Waals surface area contributed by atoms with Crippen LogP contribution in [0.5, 0.6) is 5.88 Å². The molecule has 1 atom stereocenters. The first kappa shape index (κ1) is 47.0. The number of benzene rings is 3. The third-order valence-electron chi connectivity index (χ3n) is 11.7. The number of halogens is 2. The molecule has 2 heterocycles. The number of para-hydroxylation sites is 1. The smallest absolute Gasteiger partial charge is 0.252 e. The van der Waals surface area contributed by atoms with Gasteiger partial charge < -0.3 is 41.5 Å². The molecule has 5 aromatic rings. The van der Waals surface area contributed by atoms with Crippen molar-refractivity contribution >= 4 is 45.9 Å². The molecule has 0 saturated heterocycles. The zero-order valence-corrected chi connectivity index (χ0v) is 36.8. The molecule has 2 aromatic heterocycles. The van der Waals surface area contributed by atoms with Crippen LogP contribution in [0.1, 0.15) is 97.8 Å². The molecule has 0 spiro atoms. The highest BCUT2D eigenvalue weighted by Crippen LogP contribution is 2.33. The van der Waals surface area contributed by atoms with E-state index in [9.17, 15) is 30.0 Å². The fourth-order valence-corrected chi connectivity index (χ4v) is 8.55. The van der Waals surface area contributed by atoms with Crippen molar-refractivity contribution in [1.82, 2.24) is 30.2 Å². The fraction of sp³-hybridized carbons (Fsp3) is 0.478. The zero-order chi connectivity index (χ0) is 44.3. The maximum Gasteiger partial charge on any atom is 0.252 e. The minimum Gasteiger partial charge on any atom is -0.476 e. The van der Waals surface area contributed by atoms with Crippen molar-refractivity contribution in [3.8, 4) is 28.4 Å². The van der Waals surface area contributed by atoms with E-state index in [0.29, 0.717) is 82.8 Å². The molecular formula is C46H59Cl2N7O7. The number of aryl methyl sites for hydroxylation is 1. The summed E-state index contributed by atoms with van der Waals surface area (Å²) < 4.78 is 8.84. The minimum atomic E-state index is -0.928. The third-order valence-corrected chi connectivity index (χ3v) is 12.3. The maximum atomic E-state index is 13.0. The average Bonchev–Trinajstić information content (AvgIpc) is 3.63. The van der Waals surface area contributed by atoms with Gasteiger partial charge in [0.2, 0.25) is 5.88 Å². The quantitative estimate of drug-likeness (QED) is 0.0609. The molecule has 0 radical (unpaired) electrons. The second kappa shape index (κ2) is 21.7. The van der Waals surface area contributed by atoms with Crippen molar-refractivity contribution in [2.45, 2.75) is 101 Å². The first-order valence-corrected chi connectivity index (χ1v) is 22.3. The van der Waals surface area contributed by atoms with Crippen LogP contribution < -0.4 is 21.1 Å². The van der Waals surface area contributed by atoms with E-state index < -0.39 is 17.3 Å². The van der Waals surface area contributed by atoms with Crippen LogP contribution in [-0.4, -0.2) is 102 Å². The van der Waals surface area contributed by atoms with Gasteiger partial charge in [0.15, 0.2) is 0 Å². The van der Waals surface area contributed by atoms with Crippen molar-refractivity contribution in [2.75, 3.05) is 32.8 Å². The number of aliphatic hydroxyl groups excluding tert-OH is 2. The Morgan fingerprint density at radius 1 is 0.790 bits per heavy atom. The molecule has 7 rings (SSSR count). The van der Waals surface area contributed by atoms with E-state index in [1.807, 2.05) is 30.3 Å². The number of hydrogen-bond acceptors (Lipinski definition) is 10. The summed E-state index contributed by atoms with van der Waals surface area (Å²) in [6, 6.07) is 19.8. The maximum absolute atomic E-state index is 13.0. The monoisotopic (exact) mass is 891 g/mol. The Balaban J connectivity index is 0.000000209. The topological polar surface area (TPSA) is 210 Å². The van der Waals surface area contributed by atoms with E-state index in [-0.39, 0.29) is 38.1 Å². The number of aromatic nitrogens is 4. The molecule has 62 heavy (non-hydrogen) atoms. The molecule has 8 N–H and O–H groups in total. The van der Waals surface area contributed by atoms with Crippen molar-refractivity contribution < 1.29 is 34.8 Å². The number of fused-ring (bicyclic) bond motifs is 1. The highest BCUT2D eigenvalue weighted by molar-refractivity contribution is 6.34. The van der Waals surface area contributed by atoms with Crippen molar-refractivity contribution in [2.24, 2.45) is 12.8 Å². The highest BCUT2D eigenvalue weighted by Gasteiger charge is 2.30. The molecule has 2 aliphatic rings. The van der Waals surface area contributed by atoms with Crippen LogP contribution in [0.25, 0.3) is 33.4 Å². The van der Waals surface area contributed by atoms with E-state index in [4.69, 9.17) is 33.7 Å². The Morgan fingerprint density at radius 3 is 1.87 bits per heavy atom. The molecule has 2 fully saturated rings. The predicted molar refractivity (Wildman–Crippen MR) is 241 cm³/mol. The van der Waals surface area contributed by atoms with Crippen molar-refractivity contribution in [3.05, 3.63) is 87.9 Å². The lowest BCUT2D eigenvalue weighted by Gasteiger charge is -2.26. The van der Waals surface area contributed by atoms with Gasteiger partial charge in [0, 0.05) is 49.3 Å². The van der Waals surface area contributed by atoms with Gasteiger partial charge >= 0.3 is 0 Å². The predicted octanol–water partition coefficient (Wildman–Crippen LogP) is 6.42. The van der Waals surface area contributed by atoms with Gasteiger partial charge in [-0.2, -0.15) is 10.2 Å². The number of ether oxygens (including phenoxy) is 1. The first-order valence-electron chi connectivity index (χ1n) is 21.5. The summed E-state index contributed by atoms with van der Waals surface area (Å²) in [5.74, 6) is -0.0361. The van der Waals surface area contributed by atoms with Gasteiger partial charge in [0.1, 0.15) is 12.3 Å². The molecule has 1 unspecified atom stereocenters. The van der Waals surface area contributed by atoms with Crippen LogP contribution in [-0.2, 0) is 13.6 Å². The van der Waals surface area contributed by atoms with Gasteiger partial charge in [0.05, 0.1) is 62.8 Å². The number of aliphatic hydroxyl groups is 4. The molecule has 16 heteroatoms. The number of carbonyl (C=O) groups excluding carboxylic acids is 2. The number of nitrogens with one attached hydrogen (secondary N) is 2. The highest BCUT2D eigenvalue weighted by atomic mass is 35.5. The van der Waals surface area contributed by atoms with Gasteiger partial charge in [-0.15, -0.1) is 0 Å². The van der Waals surface area contributed by atoms with Crippen LogP contribution in [0.3, 0.4) is 0 Å². The van der Waals surface area contributed by atoms with Gasteiger partial charge in [-0.05, 0) is 56.0 Å². The number of amides is 2. The summed E-state index contributed by atoms with van der Waals surface area (Å²) in [5, 5.41) is 57.1. The van der Waals surface area contributed by atoms with Crippen LogP contribution >= 0.6 is 23.2 Å². The number of carbonyl (C=O) groups is 2. The fourth-order valence-electron chi connectivity index (χ4n) is 8.14. The molecule has 0 aliphatic heterocycles. The molecule has 2 amide bonds. The zero-order valence-electron chi connectivity index (χ0n) is 35.3. The Labute approximate surface area is 372 Å². The second-order valence-electron chi connectivity index (χ2n) is 16.5. The number of rotatable bonds is 14. The van der Waals surface area contributed by atoms with Crippen molar-refractivity contribution in [1.29, 1.82) is 0 Å². The number of nitrogens with zero attached hydrogens (tertiary/aromatic N) is 4. The normalized spacial score (nSPS) is 16.6. The number of nitrogens with two attached hydrogens (primary N) is 1. The van der Waals surface area contributed by atoms with Crippen LogP contribution in [0.2, 0.25) is 10.0 Å². The Bertz CT molecular complexity index is 2280. The van der Waals surface area contributed by atoms with Gasteiger partial charge in [0.25, 0.3) is 11.8 Å². The number of hydrogen-bond donors (Lipinski definition) is 7. The van der Waals surface area contributed by atoms with Crippen LogP contribution in [0, 0.1) is 0 Å². The lowest BCUT2D eigenvalue weighted by molar-refractivity contribution is 0.0245. The Morgan fingerprint density at radius 2 is 1.32 bits per heavy atom. The van der Waals surface area contributed by atoms with Gasteiger partial charge in [-0.3, -0.25) is 14.3 Å². The Kier molecular flexibility index (Phi) is 16.4. The summed E-state index contributed by atoms with van der Waals surface area (Å²) in [7, 11) is 1.78. The average molecular weight is 893 g/mol. The first-order chi connectivity index (χ1) is 29.8. The largest absolute Gasteiger partial charge is 0.476 e. The van der Waals surface area contributed by atoms with Crippen LogP contribution in [0.15, 0.2) is 66.7 Å². The van der Waals surface area contributed by atoms with E-state index >= 15 is 0 Å². The summed E-state index contributed by atoms with van der Waals surface area (Å²) >= 11 is 12.6. The summed E-state index contributed by atoms with van der Waals surface area (Å²) in [5.41, 5.74) is 8.06. The molecule has 3 aromatic carbocycles. The van der Waals surface area contributed by atoms with Crippen molar-refractivity contribution in [3.63, 3.8) is 0 Å². The molecule has 2 saturated carbocycles. The van der Waals surface area contributed by atoms with E-state index in [1.54, 1.807) is 52.8 Å². The summed E-state index contributed by atoms with van der Waals surface area (Å²) in [4.78, 5) is 25.7. The second-order valence-corrected chi connectivity index (χ2v) is 17.4. The van der Waals surface area contributed by atoms with E-state index in [2.05, 4.69) is 20.8 Å². The lowest BCUT2D eigenvalue weighted by Crippen LogP contribution is -2.42. The minimum absolute atomic E-state index is 0.149. The van der Waals surface area contributed by atoms with Gasteiger partial charge in [-0.1, -0.05) is 105 Å². The standard InChI is InChI=1S/C25H30ClN3O4.C21H29ClN4O3/c26-21-10-9-17(13-20(21)24(32)27-16-25(33)11-5-1-2-6-12-25)23-19-7-3-4-8-22(19)29(28-23)14-18(31)15-30;1-26-19(29-11-10-23)13-18(25-26)15-6-7-17(22)16(12-15)20(27)24-14-21(28)8-4-2-3-5-9-21/h3-4,7-10,13,18,30-31,33H,1-2,5-6,11-12,14-16H2,(H,27,32);6-7,12-13,28H,2-5,8-11,14,23H2,1H3,(H,24,27). The molecular weight excluding hydrogens is 833 g/mol. The van der Waals surface area contributed by atoms with E-state index in [1.165, 1.54) is 0 Å². The Hall–Kier alpha value is -4.54. The third kappa shape index (κ3) is 12.1. The summed E-state index contributed by atoms with van der Waals surface area (Å²) in [6.07, 6.45) is 10.2. The SMILES string of the molecule is Cn1nc(-c2ccc(Cl)c(C(=O)NCC3(O)CCCCCC3)c2)cc1OCCN.O=C(NCC1(O)CCCCCC1)c1cc(-c2nn(CC(O)CO)c3ccccc23)ccc1Cl. The lowest BCUT2D eigenvalue weighted by atomic mass is 9.94. The van der Waals surface area contributed by atoms with Gasteiger partial charge in [-0.25, -0.2) is 4.68 Å². The molecule has 2 aliphatic carbocycles. The molecule has 334 valence electrons. The van der Waals surface area contributed by atoms with Crippen LogP contribution in [0.4, 0.5) is 0 Å². The molecule has 14 nitrogen and oxygen atoms in total. The van der Waals surface area contributed by atoms with E-state index in [0.717, 1.165) is 67.8 Å².